The van der Waals surface area contributed by atoms with Crippen LogP contribution in [0.25, 0.3) is 0 Å². The van der Waals surface area contributed by atoms with Gasteiger partial charge < -0.3 is 4.90 Å². The lowest BCUT2D eigenvalue weighted by molar-refractivity contribution is 0.101. The first-order chi connectivity index (χ1) is 6.74. The van der Waals surface area contributed by atoms with E-state index in [1.54, 1.807) is 6.92 Å². The highest BCUT2D eigenvalue weighted by Gasteiger charge is 2.21. The number of fused-ring (bicyclic) bond motifs is 1. The van der Waals surface area contributed by atoms with Crippen LogP contribution in [0, 0.1) is 0 Å². The van der Waals surface area contributed by atoms with Crippen molar-refractivity contribution in [2.45, 2.75) is 20.3 Å². The molecule has 1 aromatic rings. The maximum atomic E-state index is 11.4. The Kier molecular flexibility index (Phi) is 2.28. The van der Waals surface area contributed by atoms with Crippen molar-refractivity contribution in [3.8, 4) is 0 Å². The third kappa shape index (κ3) is 1.31. The smallest absolute Gasteiger partial charge is 0.160 e. The van der Waals surface area contributed by atoms with E-state index in [1.165, 1.54) is 11.3 Å². The maximum absolute atomic E-state index is 11.4. The molecule has 2 rings (SSSR count). The number of benzene rings is 1. The van der Waals surface area contributed by atoms with Crippen LogP contribution >= 0.6 is 0 Å². The fourth-order valence-corrected chi connectivity index (χ4v) is 2.16. The molecule has 2 heteroatoms. The molecule has 14 heavy (non-hydrogen) atoms. The van der Waals surface area contributed by atoms with Crippen molar-refractivity contribution in [1.82, 2.24) is 0 Å². The molecule has 1 aliphatic rings. The van der Waals surface area contributed by atoms with Crippen LogP contribution in [0.2, 0.25) is 0 Å². The van der Waals surface area contributed by atoms with Crippen LogP contribution in [0.5, 0.6) is 0 Å². The number of Topliss-reactive ketones (excluding diaryl/α,β-unsaturated/α-hetero) is 1. The van der Waals surface area contributed by atoms with Crippen LogP contribution in [0.15, 0.2) is 18.2 Å². The van der Waals surface area contributed by atoms with Crippen molar-refractivity contribution >= 4 is 11.5 Å². The minimum absolute atomic E-state index is 0.180. The first-order valence-electron chi connectivity index (χ1n) is 5.11. The average molecular weight is 189 g/mol. The highest BCUT2D eigenvalue weighted by atomic mass is 16.1. The van der Waals surface area contributed by atoms with Crippen LogP contribution in [-0.2, 0) is 6.42 Å². The zero-order valence-corrected chi connectivity index (χ0v) is 8.71. The summed E-state index contributed by atoms with van der Waals surface area (Å²) in [6, 6.07) is 6.02. The van der Waals surface area contributed by atoms with E-state index in [4.69, 9.17) is 0 Å². The van der Waals surface area contributed by atoms with Gasteiger partial charge in [0.1, 0.15) is 0 Å². The molecule has 1 aromatic carbocycles. The van der Waals surface area contributed by atoms with Gasteiger partial charge in [-0.1, -0.05) is 12.1 Å². The summed E-state index contributed by atoms with van der Waals surface area (Å²) >= 11 is 0. The third-order valence-corrected chi connectivity index (χ3v) is 2.88. The van der Waals surface area contributed by atoms with Crippen molar-refractivity contribution in [3.63, 3.8) is 0 Å². The summed E-state index contributed by atoms with van der Waals surface area (Å²) in [4.78, 5) is 13.7. The fourth-order valence-electron chi connectivity index (χ4n) is 2.16. The zero-order valence-electron chi connectivity index (χ0n) is 8.71. The van der Waals surface area contributed by atoms with Gasteiger partial charge >= 0.3 is 0 Å². The molecular weight excluding hydrogens is 174 g/mol. The summed E-state index contributed by atoms with van der Waals surface area (Å²) < 4.78 is 0. The van der Waals surface area contributed by atoms with Crippen LogP contribution in [0.1, 0.15) is 29.8 Å². The predicted molar refractivity (Wildman–Crippen MR) is 58.0 cm³/mol. The van der Waals surface area contributed by atoms with Gasteiger partial charge in [-0.15, -0.1) is 0 Å². The number of nitrogens with zero attached hydrogens (tertiary/aromatic N) is 1. The lowest BCUT2D eigenvalue weighted by atomic mass is 10.0. The van der Waals surface area contributed by atoms with Gasteiger partial charge in [-0.25, -0.2) is 0 Å². The number of carbonyl (C=O) groups excluding carboxylic acids is 1. The van der Waals surface area contributed by atoms with Crippen LogP contribution in [-0.4, -0.2) is 18.9 Å². The highest BCUT2D eigenvalue weighted by Crippen LogP contribution is 2.30. The molecule has 0 radical (unpaired) electrons. The molecule has 0 fully saturated rings. The summed E-state index contributed by atoms with van der Waals surface area (Å²) in [5.74, 6) is 0.180. The number of ketones is 1. The van der Waals surface area contributed by atoms with E-state index in [0.717, 1.165) is 25.1 Å². The van der Waals surface area contributed by atoms with Crippen molar-refractivity contribution < 1.29 is 4.79 Å². The second-order valence-electron chi connectivity index (χ2n) is 3.69. The molecular formula is C12H15NO. The third-order valence-electron chi connectivity index (χ3n) is 2.88. The maximum Gasteiger partial charge on any atom is 0.160 e. The van der Waals surface area contributed by atoms with Crippen molar-refractivity contribution in [2.75, 3.05) is 18.0 Å². The van der Waals surface area contributed by atoms with Gasteiger partial charge in [-0.05, 0) is 31.9 Å². The number of anilines is 1. The summed E-state index contributed by atoms with van der Waals surface area (Å²) in [6.45, 7) is 5.87. The predicted octanol–water partition coefficient (Wildman–Crippen LogP) is 2.27. The molecule has 74 valence electrons. The SMILES string of the molecule is CCN1CCc2c(C(C)=O)cccc21. The van der Waals surface area contributed by atoms with Gasteiger partial charge in [0.15, 0.2) is 5.78 Å². The van der Waals surface area contributed by atoms with E-state index < -0.39 is 0 Å². The number of hydrogen-bond acceptors (Lipinski definition) is 2. The Morgan fingerprint density at radius 3 is 2.93 bits per heavy atom. The van der Waals surface area contributed by atoms with Gasteiger partial charge in [0.2, 0.25) is 0 Å². The van der Waals surface area contributed by atoms with Crippen molar-refractivity contribution in [3.05, 3.63) is 29.3 Å². The Morgan fingerprint density at radius 2 is 2.29 bits per heavy atom. The van der Waals surface area contributed by atoms with Crippen molar-refractivity contribution in [1.29, 1.82) is 0 Å². The lowest BCUT2D eigenvalue weighted by Crippen LogP contribution is -2.18. The molecule has 0 amide bonds. The van der Waals surface area contributed by atoms with Crippen molar-refractivity contribution in [2.24, 2.45) is 0 Å². The molecule has 0 saturated carbocycles. The molecule has 0 bridgehead atoms. The highest BCUT2D eigenvalue weighted by molar-refractivity contribution is 5.97. The van der Waals surface area contributed by atoms with E-state index in [2.05, 4.69) is 17.9 Å². The molecule has 0 aromatic heterocycles. The van der Waals surface area contributed by atoms with Gasteiger partial charge in [-0.2, -0.15) is 0 Å². The Hall–Kier alpha value is -1.31. The number of likely N-dealkylation sites (N-methyl/N-ethyl adjacent to an activating group) is 1. The average Bonchev–Trinajstić information content (AvgIpc) is 2.59. The molecule has 0 aliphatic carbocycles. The first kappa shape index (κ1) is 9.25. The standard InChI is InChI=1S/C12H15NO/c1-3-13-8-7-11-10(9(2)14)5-4-6-12(11)13/h4-6H,3,7-8H2,1-2H3. The van der Waals surface area contributed by atoms with Gasteiger partial charge in [-0.3, -0.25) is 4.79 Å². The molecule has 0 spiro atoms. The number of carbonyl (C=O) groups is 1. The second-order valence-corrected chi connectivity index (χ2v) is 3.69. The Morgan fingerprint density at radius 1 is 1.50 bits per heavy atom. The van der Waals surface area contributed by atoms with Gasteiger partial charge in [0, 0.05) is 24.3 Å². The Bertz CT molecular complexity index is 371. The minimum atomic E-state index is 0.180. The second kappa shape index (κ2) is 3.45. The van der Waals surface area contributed by atoms with E-state index in [1.807, 2.05) is 12.1 Å². The molecule has 0 saturated heterocycles. The minimum Gasteiger partial charge on any atom is -0.371 e. The van der Waals surface area contributed by atoms with Gasteiger partial charge in [0.05, 0.1) is 0 Å². The molecule has 0 atom stereocenters. The topological polar surface area (TPSA) is 20.3 Å². The molecule has 2 nitrogen and oxygen atoms in total. The molecule has 1 heterocycles. The monoisotopic (exact) mass is 189 g/mol. The van der Waals surface area contributed by atoms with Crippen LogP contribution in [0.3, 0.4) is 0 Å². The number of hydrogen-bond donors (Lipinski definition) is 0. The van der Waals surface area contributed by atoms with E-state index >= 15 is 0 Å². The van der Waals surface area contributed by atoms with E-state index in [0.29, 0.717) is 0 Å². The quantitative estimate of drug-likeness (QED) is 0.665. The Balaban J connectivity index is 2.49. The van der Waals surface area contributed by atoms with Gasteiger partial charge in [0.25, 0.3) is 0 Å². The molecule has 1 aliphatic heterocycles. The summed E-state index contributed by atoms with van der Waals surface area (Å²) in [5, 5.41) is 0. The Labute approximate surface area is 84.5 Å². The zero-order chi connectivity index (χ0) is 10.1. The lowest BCUT2D eigenvalue weighted by Gasteiger charge is -2.16. The first-order valence-corrected chi connectivity index (χ1v) is 5.11. The normalized spacial score (nSPS) is 14.3. The number of rotatable bonds is 2. The van der Waals surface area contributed by atoms with Crippen LogP contribution in [0.4, 0.5) is 5.69 Å². The van der Waals surface area contributed by atoms with E-state index in [-0.39, 0.29) is 5.78 Å². The molecule has 0 N–H and O–H groups in total. The molecule has 0 unspecified atom stereocenters. The largest absolute Gasteiger partial charge is 0.371 e. The fraction of sp³-hybridized carbons (Fsp3) is 0.417. The summed E-state index contributed by atoms with van der Waals surface area (Å²) in [7, 11) is 0. The summed E-state index contributed by atoms with van der Waals surface area (Å²) in [5.41, 5.74) is 3.39. The van der Waals surface area contributed by atoms with Crippen LogP contribution < -0.4 is 4.90 Å². The summed E-state index contributed by atoms with van der Waals surface area (Å²) in [6.07, 6.45) is 1.01. The van der Waals surface area contributed by atoms with E-state index in [9.17, 15) is 4.79 Å².